The molecular formula is C28H19ClN4O7. The van der Waals surface area contributed by atoms with Gasteiger partial charge in [0, 0.05) is 34.0 Å². The lowest BCUT2D eigenvalue weighted by Crippen LogP contribution is -2.18. The Balaban J connectivity index is 1.42. The topological polar surface area (TPSA) is 153 Å². The molecule has 0 saturated carbocycles. The molecule has 0 saturated heterocycles. The summed E-state index contributed by atoms with van der Waals surface area (Å²) in [5.41, 5.74) is 3.26. The summed E-state index contributed by atoms with van der Waals surface area (Å²) in [6.07, 6.45) is 5.08. The number of benzene rings is 3. The molecule has 12 heteroatoms. The Morgan fingerprint density at radius 1 is 0.950 bits per heavy atom. The monoisotopic (exact) mass is 558 g/mol. The van der Waals surface area contributed by atoms with Gasteiger partial charge in [-0.3, -0.25) is 19.7 Å². The molecule has 4 aromatic rings. The van der Waals surface area contributed by atoms with Gasteiger partial charge in [-0.15, -0.1) is 0 Å². The van der Waals surface area contributed by atoms with Crippen LogP contribution in [0, 0.1) is 10.1 Å². The zero-order valence-corrected chi connectivity index (χ0v) is 21.2. The number of hydrazone groups is 1. The Hall–Kier alpha value is -5.55. The van der Waals surface area contributed by atoms with E-state index in [9.17, 15) is 24.5 Å². The van der Waals surface area contributed by atoms with E-state index in [-0.39, 0.29) is 22.6 Å². The number of ether oxygens (including phenoxy) is 1. The molecule has 1 heterocycles. The second kappa shape index (κ2) is 12.8. The van der Waals surface area contributed by atoms with Crippen LogP contribution in [-0.2, 0) is 4.79 Å². The number of amides is 2. The Morgan fingerprint density at radius 3 is 2.38 bits per heavy atom. The van der Waals surface area contributed by atoms with Crippen molar-refractivity contribution < 1.29 is 28.5 Å². The molecule has 2 amide bonds. The summed E-state index contributed by atoms with van der Waals surface area (Å²) in [6.45, 7) is 0. The van der Waals surface area contributed by atoms with Gasteiger partial charge in [0.05, 0.1) is 17.4 Å². The second-order valence-corrected chi connectivity index (χ2v) is 8.40. The highest BCUT2D eigenvalue weighted by atomic mass is 35.5. The molecule has 0 fully saturated rings. The standard InChI is InChI=1S/C28H19ClN4O7/c29-21-11-6-18(7-12-21)8-15-25(34)40-26-20(3-1-4-23(26)33(37)38)17-30-32-27(35)19-9-13-22(14-10-19)31-28(36)24-5-2-16-39-24/h1-17H,(H,31,36)(H,32,35)/b15-8+,30-17+. The minimum atomic E-state index is -0.859. The average Bonchev–Trinajstić information content (AvgIpc) is 3.49. The predicted octanol–water partition coefficient (Wildman–Crippen LogP) is 5.48. The normalized spacial score (nSPS) is 10.9. The number of hydrogen-bond donors (Lipinski definition) is 2. The number of anilines is 1. The fourth-order valence-electron chi connectivity index (χ4n) is 3.30. The molecule has 2 N–H and O–H groups in total. The molecule has 0 unspecified atom stereocenters. The maximum absolute atomic E-state index is 12.5. The summed E-state index contributed by atoms with van der Waals surface area (Å²) in [5.74, 6) is -2.09. The maximum atomic E-state index is 12.5. The zero-order chi connectivity index (χ0) is 28.5. The van der Waals surface area contributed by atoms with Gasteiger partial charge in [-0.25, -0.2) is 10.2 Å². The molecule has 1 aromatic heterocycles. The first-order chi connectivity index (χ1) is 19.3. The summed E-state index contributed by atoms with van der Waals surface area (Å²) < 4.78 is 10.3. The van der Waals surface area contributed by atoms with Crippen molar-refractivity contribution in [1.29, 1.82) is 0 Å². The van der Waals surface area contributed by atoms with Gasteiger partial charge in [-0.1, -0.05) is 29.8 Å². The number of nitro groups is 1. The first-order valence-corrected chi connectivity index (χ1v) is 11.9. The fourth-order valence-corrected chi connectivity index (χ4v) is 3.43. The van der Waals surface area contributed by atoms with Gasteiger partial charge in [0.15, 0.2) is 5.76 Å². The summed E-state index contributed by atoms with van der Waals surface area (Å²) in [7, 11) is 0. The predicted molar refractivity (Wildman–Crippen MR) is 147 cm³/mol. The van der Waals surface area contributed by atoms with Crippen molar-refractivity contribution in [2.24, 2.45) is 5.10 Å². The number of rotatable bonds is 9. The van der Waals surface area contributed by atoms with E-state index in [0.717, 1.165) is 12.3 Å². The number of para-hydroxylation sites is 1. The van der Waals surface area contributed by atoms with Crippen LogP contribution in [-0.4, -0.2) is 28.9 Å². The van der Waals surface area contributed by atoms with E-state index >= 15 is 0 Å². The van der Waals surface area contributed by atoms with Crippen LogP contribution in [0.25, 0.3) is 6.08 Å². The van der Waals surface area contributed by atoms with Crippen molar-refractivity contribution in [2.45, 2.75) is 0 Å². The van der Waals surface area contributed by atoms with Crippen LogP contribution in [0.15, 0.2) is 101 Å². The summed E-state index contributed by atoms with van der Waals surface area (Å²) in [6, 6.07) is 19.7. The van der Waals surface area contributed by atoms with Gasteiger partial charge in [0.25, 0.3) is 11.8 Å². The van der Waals surface area contributed by atoms with Crippen molar-refractivity contribution in [3.05, 3.63) is 129 Å². The molecule has 0 aliphatic rings. The molecule has 0 aliphatic heterocycles. The lowest BCUT2D eigenvalue weighted by Gasteiger charge is -2.07. The first-order valence-electron chi connectivity index (χ1n) is 11.5. The van der Waals surface area contributed by atoms with Crippen molar-refractivity contribution in [3.8, 4) is 5.75 Å². The van der Waals surface area contributed by atoms with E-state index in [1.807, 2.05) is 0 Å². The summed E-state index contributed by atoms with van der Waals surface area (Å²) in [4.78, 5) is 47.8. The number of halogens is 1. The van der Waals surface area contributed by atoms with Crippen LogP contribution in [0.5, 0.6) is 5.75 Å². The SMILES string of the molecule is O=C(/C=C/c1ccc(Cl)cc1)Oc1c(/C=N/NC(=O)c2ccc(NC(=O)c3ccco3)cc2)cccc1[N+](=O)[O-]. The van der Waals surface area contributed by atoms with E-state index in [2.05, 4.69) is 15.8 Å². The zero-order valence-electron chi connectivity index (χ0n) is 20.4. The Labute approximate surface area is 231 Å². The van der Waals surface area contributed by atoms with E-state index < -0.39 is 28.4 Å². The van der Waals surface area contributed by atoms with Gasteiger partial charge in [0.1, 0.15) is 0 Å². The molecule has 0 atom stereocenters. The maximum Gasteiger partial charge on any atom is 0.336 e. The quantitative estimate of drug-likeness (QED) is 0.0689. The van der Waals surface area contributed by atoms with Crippen LogP contribution in [0.3, 0.4) is 0 Å². The number of esters is 1. The van der Waals surface area contributed by atoms with Crippen LogP contribution in [0.1, 0.15) is 32.0 Å². The highest BCUT2D eigenvalue weighted by Crippen LogP contribution is 2.30. The smallest absolute Gasteiger partial charge is 0.336 e. The van der Waals surface area contributed by atoms with Crippen LogP contribution < -0.4 is 15.5 Å². The highest BCUT2D eigenvalue weighted by molar-refractivity contribution is 6.30. The largest absolute Gasteiger partial charge is 0.459 e. The number of nitro benzene ring substituents is 1. The van der Waals surface area contributed by atoms with Gasteiger partial charge in [-0.2, -0.15) is 5.10 Å². The minimum absolute atomic E-state index is 0.0822. The number of furan rings is 1. The Kier molecular flexibility index (Phi) is 8.80. The number of carbonyl (C=O) groups excluding carboxylic acids is 3. The van der Waals surface area contributed by atoms with Gasteiger partial charge >= 0.3 is 11.7 Å². The minimum Gasteiger partial charge on any atom is -0.459 e. The first kappa shape index (κ1) is 27.5. The van der Waals surface area contributed by atoms with E-state index in [0.29, 0.717) is 16.3 Å². The molecule has 0 aliphatic carbocycles. The summed E-state index contributed by atoms with van der Waals surface area (Å²) in [5, 5.41) is 18.5. The third-order valence-electron chi connectivity index (χ3n) is 5.23. The van der Waals surface area contributed by atoms with Crippen molar-refractivity contribution in [3.63, 3.8) is 0 Å². The molecule has 200 valence electrons. The third kappa shape index (κ3) is 7.27. The van der Waals surface area contributed by atoms with Crippen molar-refractivity contribution in [2.75, 3.05) is 5.32 Å². The number of nitrogens with zero attached hydrogens (tertiary/aromatic N) is 2. The average molecular weight is 559 g/mol. The van der Waals surface area contributed by atoms with E-state index in [4.69, 9.17) is 20.8 Å². The fraction of sp³-hybridized carbons (Fsp3) is 0. The Morgan fingerprint density at radius 2 is 1.70 bits per heavy atom. The molecule has 0 radical (unpaired) electrons. The second-order valence-electron chi connectivity index (χ2n) is 7.97. The van der Waals surface area contributed by atoms with E-state index in [1.165, 1.54) is 60.9 Å². The molecule has 3 aromatic carbocycles. The number of carbonyl (C=O) groups is 3. The van der Waals surface area contributed by atoms with Gasteiger partial charge in [0.2, 0.25) is 5.75 Å². The molecule has 40 heavy (non-hydrogen) atoms. The van der Waals surface area contributed by atoms with Crippen LogP contribution >= 0.6 is 11.6 Å². The van der Waals surface area contributed by atoms with Crippen LogP contribution in [0.2, 0.25) is 5.02 Å². The molecule has 4 rings (SSSR count). The molecule has 11 nitrogen and oxygen atoms in total. The molecule has 0 spiro atoms. The van der Waals surface area contributed by atoms with E-state index in [1.54, 1.807) is 30.3 Å². The number of hydrogen-bond acceptors (Lipinski definition) is 8. The molecular weight excluding hydrogens is 540 g/mol. The van der Waals surface area contributed by atoms with Crippen molar-refractivity contribution in [1.82, 2.24) is 5.43 Å². The van der Waals surface area contributed by atoms with Gasteiger partial charge < -0.3 is 14.5 Å². The Bertz CT molecular complexity index is 1600. The molecule has 0 bridgehead atoms. The van der Waals surface area contributed by atoms with Crippen LogP contribution in [0.4, 0.5) is 11.4 Å². The summed E-state index contributed by atoms with van der Waals surface area (Å²) >= 11 is 5.85. The highest BCUT2D eigenvalue weighted by Gasteiger charge is 2.20. The van der Waals surface area contributed by atoms with Crippen molar-refractivity contribution >= 4 is 53.0 Å². The lowest BCUT2D eigenvalue weighted by molar-refractivity contribution is -0.385. The van der Waals surface area contributed by atoms with Gasteiger partial charge in [-0.05, 0) is 66.2 Å². The third-order valence-corrected chi connectivity index (χ3v) is 5.48. The lowest BCUT2D eigenvalue weighted by atomic mass is 10.2. The number of nitrogens with one attached hydrogen (secondary N) is 2.